The van der Waals surface area contributed by atoms with Gasteiger partial charge in [-0.15, -0.1) is 0 Å². The average Bonchev–Trinajstić information content (AvgIpc) is 2.34. The molecule has 1 nitrogen and oxygen atoms in total. The molecule has 1 unspecified atom stereocenters. The van der Waals surface area contributed by atoms with E-state index in [2.05, 4.69) is 15.9 Å². The fourth-order valence-electron chi connectivity index (χ4n) is 1.96. The Morgan fingerprint density at radius 2 is 1.78 bits per heavy atom. The van der Waals surface area contributed by atoms with Gasteiger partial charge in [-0.2, -0.15) is 0 Å². The fourth-order valence-corrected chi connectivity index (χ4v) is 2.29. The molecule has 0 spiro atoms. The molecule has 2 aromatic carbocycles. The van der Waals surface area contributed by atoms with Crippen molar-refractivity contribution in [1.29, 1.82) is 0 Å². The second-order valence-electron chi connectivity index (χ2n) is 4.39. The third kappa shape index (κ3) is 3.65. The maximum Gasteiger partial charge on any atom is 0.127 e. The van der Waals surface area contributed by atoms with Crippen molar-refractivity contribution >= 4 is 15.9 Å². The van der Waals surface area contributed by atoms with Crippen molar-refractivity contribution in [2.24, 2.45) is 5.73 Å². The molecule has 0 radical (unpaired) electrons. The van der Waals surface area contributed by atoms with Crippen LogP contribution in [0.25, 0.3) is 0 Å². The lowest BCUT2D eigenvalue weighted by molar-refractivity contribution is 0.583. The predicted molar refractivity (Wildman–Crippen MR) is 75.9 cm³/mol. The van der Waals surface area contributed by atoms with E-state index in [4.69, 9.17) is 5.73 Å². The summed E-state index contributed by atoms with van der Waals surface area (Å²) in [6.45, 7) is 0. The van der Waals surface area contributed by atoms with E-state index in [1.807, 2.05) is 36.4 Å². The maximum atomic E-state index is 13.7. The molecule has 94 valence electrons. The van der Waals surface area contributed by atoms with E-state index in [1.54, 1.807) is 6.07 Å². The van der Waals surface area contributed by atoms with Crippen molar-refractivity contribution in [3.05, 3.63) is 69.9 Å². The highest BCUT2D eigenvalue weighted by molar-refractivity contribution is 9.10. The van der Waals surface area contributed by atoms with E-state index < -0.39 is 0 Å². The van der Waals surface area contributed by atoms with Gasteiger partial charge in [-0.1, -0.05) is 52.3 Å². The molecule has 3 heteroatoms. The molecule has 0 amide bonds. The largest absolute Gasteiger partial charge is 0.327 e. The second kappa shape index (κ2) is 6.12. The van der Waals surface area contributed by atoms with Crippen LogP contribution in [0.2, 0.25) is 0 Å². The summed E-state index contributed by atoms with van der Waals surface area (Å²) < 4.78 is 14.4. The number of hydrogen-bond donors (Lipinski definition) is 1. The maximum absolute atomic E-state index is 13.7. The topological polar surface area (TPSA) is 26.0 Å². The van der Waals surface area contributed by atoms with Crippen molar-refractivity contribution in [3.8, 4) is 0 Å². The normalized spacial score (nSPS) is 12.4. The molecule has 0 aliphatic carbocycles. The highest BCUT2D eigenvalue weighted by Gasteiger charge is 2.09. The Labute approximate surface area is 115 Å². The Kier molecular flexibility index (Phi) is 4.50. The van der Waals surface area contributed by atoms with Crippen LogP contribution < -0.4 is 5.73 Å². The first-order valence-corrected chi connectivity index (χ1v) is 6.68. The molecule has 2 N–H and O–H groups in total. The number of benzene rings is 2. The minimum absolute atomic E-state index is 0.0666. The quantitative estimate of drug-likeness (QED) is 0.915. The summed E-state index contributed by atoms with van der Waals surface area (Å²) in [5, 5.41) is 0. The molecule has 0 aliphatic rings. The molecular weight excluding hydrogens is 293 g/mol. The minimum atomic E-state index is -0.201. The van der Waals surface area contributed by atoms with Crippen LogP contribution in [-0.4, -0.2) is 6.04 Å². The summed E-state index contributed by atoms with van der Waals surface area (Å²) in [4.78, 5) is 0. The number of nitrogens with two attached hydrogens (primary N) is 1. The number of halogens is 2. The van der Waals surface area contributed by atoms with Crippen LogP contribution in [-0.2, 0) is 12.8 Å². The van der Waals surface area contributed by atoms with Crippen molar-refractivity contribution in [1.82, 2.24) is 0 Å². The molecule has 0 bridgehead atoms. The third-order valence-electron chi connectivity index (χ3n) is 2.84. The number of rotatable bonds is 4. The first kappa shape index (κ1) is 13.2. The molecule has 18 heavy (non-hydrogen) atoms. The van der Waals surface area contributed by atoms with Crippen LogP contribution in [0.4, 0.5) is 4.39 Å². The van der Waals surface area contributed by atoms with Gasteiger partial charge in [0.2, 0.25) is 0 Å². The number of hydrogen-bond acceptors (Lipinski definition) is 1. The zero-order valence-corrected chi connectivity index (χ0v) is 11.5. The van der Waals surface area contributed by atoms with Crippen LogP contribution in [0.3, 0.4) is 0 Å². The second-order valence-corrected chi connectivity index (χ2v) is 5.31. The first-order valence-electron chi connectivity index (χ1n) is 5.88. The van der Waals surface area contributed by atoms with E-state index in [0.29, 0.717) is 12.0 Å². The van der Waals surface area contributed by atoms with E-state index in [1.165, 1.54) is 11.6 Å². The molecule has 2 rings (SSSR count). The molecule has 0 aromatic heterocycles. The van der Waals surface area contributed by atoms with Gasteiger partial charge in [-0.05, 0) is 36.1 Å². The highest BCUT2D eigenvalue weighted by atomic mass is 79.9. The SMILES string of the molecule is NC(Cc1ccccc1)Cc1ccc(Br)cc1F. The Bertz CT molecular complexity index is 513. The molecule has 0 heterocycles. The fraction of sp³-hybridized carbons (Fsp3) is 0.200. The highest BCUT2D eigenvalue weighted by Crippen LogP contribution is 2.17. The average molecular weight is 308 g/mol. The van der Waals surface area contributed by atoms with Crippen molar-refractivity contribution < 1.29 is 4.39 Å². The molecule has 1 atom stereocenters. The molecule has 0 saturated carbocycles. The van der Waals surface area contributed by atoms with Crippen LogP contribution in [0.1, 0.15) is 11.1 Å². The first-order chi connectivity index (χ1) is 8.65. The lowest BCUT2D eigenvalue weighted by atomic mass is 9.99. The zero-order chi connectivity index (χ0) is 13.0. The van der Waals surface area contributed by atoms with Crippen molar-refractivity contribution in [3.63, 3.8) is 0 Å². The van der Waals surface area contributed by atoms with Crippen molar-refractivity contribution in [2.45, 2.75) is 18.9 Å². The van der Waals surface area contributed by atoms with Crippen molar-refractivity contribution in [2.75, 3.05) is 0 Å². The van der Waals surface area contributed by atoms with E-state index in [0.717, 1.165) is 10.9 Å². The van der Waals surface area contributed by atoms with Gasteiger partial charge in [0, 0.05) is 10.5 Å². The molecule has 0 saturated heterocycles. The summed E-state index contributed by atoms with van der Waals surface area (Å²) in [6.07, 6.45) is 1.31. The van der Waals surface area contributed by atoms with E-state index in [-0.39, 0.29) is 11.9 Å². The Balaban J connectivity index is 2.01. The zero-order valence-electron chi connectivity index (χ0n) is 9.94. The summed E-state index contributed by atoms with van der Waals surface area (Å²) in [5.41, 5.74) is 7.92. The van der Waals surface area contributed by atoms with E-state index >= 15 is 0 Å². The van der Waals surface area contributed by atoms with Crippen LogP contribution in [0.5, 0.6) is 0 Å². The lowest BCUT2D eigenvalue weighted by Crippen LogP contribution is -2.25. The lowest BCUT2D eigenvalue weighted by Gasteiger charge is -2.12. The van der Waals surface area contributed by atoms with Gasteiger partial charge < -0.3 is 5.73 Å². The van der Waals surface area contributed by atoms with Gasteiger partial charge in [0.15, 0.2) is 0 Å². The molecular formula is C15H15BrFN. The van der Waals surface area contributed by atoms with Gasteiger partial charge in [0.1, 0.15) is 5.82 Å². The van der Waals surface area contributed by atoms with E-state index in [9.17, 15) is 4.39 Å². The summed E-state index contributed by atoms with van der Waals surface area (Å²) in [7, 11) is 0. The summed E-state index contributed by atoms with van der Waals surface area (Å²) in [6, 6.07) is 15.1. The molecule has 0 fully saturated rings. The smallest absolute Gasteiger partial charge is 0.127 e. The van der Waals surface area contributed by atoms with Gasteiger partial charge in [-0.25, -0.2) is 4.39 Å². The van der Waals surface area contributed by atoms with Crippen LogP contribution >= 0.6 is 15.9 Å². The molecule has 2 aromatic rings. The Morgan fingerprint density at radius 3 is 2.44 bits per heavy atom. The Morgan fingerprint density at radius 1 is 1.06 bits per heavy atom. The minimum Gasteiger partial charge on any atom is -0.327 e. The van der Waals surface area contributed by atoms with Crippen LogP contribution in [0, 0.1) is 5.82 Å². The molecule has 0 aliphatic heterocycles. The van der Waals surface area contributed by atoms with Gasteiger partial charge in [0.25, 0.3) is 0 Å². The predicted octanol–water partition coefficient (Wildman–Crippen LogP) is 3.70. The third-order valence-corrected chi connectivity index (χ3v) is 3.33. The van der Waals surface area contributed by atoms with Gasteiger partial charge in [-0.3, -0.25) is 0 Å². The Hall–Kier alpha value is -1.19. The standard InChI is InChI=1S/C15H15BrFN/c16-13-7-6-12(15(17)10-13)9-14(18)8-11-4-2-1-3-5-11/h1-7,10,14H,8-9,18H2. The van der Waals surface area contributed by atoms with Crippen LogP contribution in [0.15, 0.2) is 53.0 Å². The van der Waals surface area contributed by atoms with Gasteiger partial charge in [0.05, 0.1) is 0 Å². The summed E-state index contributed by atoms with van der Waals surface area (Å²) >= 11 is 3.25. The van der Waals surface area contributed by atoms with Gasteiger partial charge >= 0.3 is 0 Å². The summed E-state index contributed by atoms with van der Waals surface area (Å²) in [5.74, 6) is -0.201. The monoisotopic (exact) mass is 307 g/mol.